The van der Waals surface area contributed by atoms with Crippen molar-refractivity contribution in [2.75, 3.05) is 20.2 Å². The van der Waals surface area contributed by atoms with Crippen LogP contribution in [0.25, 0.3) is 10.9 Å². The smallest absolute Gasteiger partial charge is 0.191 e. The fraction of sp³-hybridized carbons (Fsp3) is 0.500. The van der Waals surface area contributed by atoms with E-state index in [0.29, 0.717) is 12.6 Å². The maximum Gasteiger partial charge on any atom is 0.191 e. The minimum atomic E-state index is 0.292. The van der Waals surface area contributed by atoms with E-state index in [2.05, 4.69) is 68.7 Å². The van der Waals surface area contributed by atoms with Crippen LogP contribution in [0.2, 0.25) is 0 Å². The van der Waals surface area contributed by atoms with Crippen LogP contribution in [0.4, 0.5) is 0 Å². The normalized spacial score (nSPS) is 16.6. The lowest BCUT2D eigenvalue weighted by Gasteiger charge is -2.25. The van der Waals surface area contributed by atoms with Gasteiger partial charge in [0.25, 0.3) is 0 Å². The summed E-state index contributed by atoms with van der Waals surface area (Å²) >= 11 is 0. The zero-order valence-electron chi connectivity index (χ0n) is 17.8. The third-order valence-corrected chi connectivity index (χ3v) is 5.37. The number of rotatable bonds is 8. The summed E-state index contributed by atoms with van der Waals surface area (Å²) in [5.74, 6) is 2.67. The van der Waals surface area contributed by atoms with Crippen molar-refractivity contribution < 1.29 is 4.74 Å². The fourth-order valence-corrected chi connectivity index (χ4v) is 3.95. The molecule has 3 heterocycles. The summed E-state index contributed by atoms with van der Waals surface area (Å²) in [6.45, 7) is 5.93. The highest BCUT2D eigenvalue weighted by Crippen LogP contribution is 2.15. The lowest BCUT2D eigenvalue weighted by atomic mass is 10.1. The van der Waals surface area contributed by atoms with Crippen LogP contribution in [-0.2, 0) is 30.9 Å². The van der Waals surface area contributed by atoms with E-state index in [1.807, 2.05) is 4.68 Å². The van der Waals surface area contributed by atoms with Crippen LogP contribution >= 0.6 is 0 Å². The molecule has 2 aromatic heterocycles. The molecule has 0 saturated heterocycles. The predicted molar refractivity (Wildman–Crippen MR) is 119 cm³/mol. The topological polar surface area (TPSA) is 81.3 Å². The Morgan fingerprint density at radius 1 is 1.30 bits per heavy atom. The van der Waals surface area contributed by atoms with Gasteiger partial charge in [-0.3, -0.25) is 4.99 Å². The van der Waals surface area contributed by atoms with Crippen molar-refractivity contribution in [3.05, 3.63) is 48.2 Å². The second kappa shape index (κ2) is 9.75. The predicted octanol–water partition coefficient (Wildman–Crippen LogP) is 2.34. The highest BCUT2D eigenvalue weighted by atomic mass is 16.5. The molecule has 8 nitrogen and oxygen atoms in total. The van der Waals surface area contributed by atoms with Gasteiger partial charge in [0.1, 0.15) is 12.4 Å². The van der Waals surface area contributed by atoms with Crippen LogP contribution in [0.1, 0.15) is 31.4 Å². The van der Waals surface area contributed by atoms with Crippen LogP contribution in [0.5, 0.6) is 0 Å². The minimum Gasteiger partial charge on any atom is -0.377 e. The first-order chi connectivity index (χ1) is 14.8. The van der Waals surface area contributed by atoms with E-state index in [-0.39, 0.29) is 0 Å². The average Bonchev–Trinajstić information content (AvgIpc) is 3.35. The number of para-hydroxylation sites is 1. The monoisotopic (exact) mass is 409 g/mol. The number of aromatic nitrogens is 4. The molecule has 1 aliphatic rings. The fourth-order valence-electron chi connectivity index (χ4n) is 3.95. The van der Waals surface area contributed by atoms with Gasteiger partial charge in [0.15, 0.2) is 11.8 Å². The van der Waals surface area contributed by atoms with Gasteiger partial charge >= 0.3 is 0 Å². The van der Waals surface area contributed by atoms with Gasteiger partial charge in [-0.25, -0.2) is 9.67 Å². The molecule has 30 heavy (non-hydrogen) atoms. The highest BCUT2D eigenvalue weighted by molar-refractivity contribution is 5.80. The van der Waals surface area contributed by atoms with Gasteiger partial charge in [-0.15, -0.1) is 0 Å². The molecular formula is C22H31N7O. The first kappa shape index (κ1) is 20.4. The lowest BCUT2D eigenvalue weighted by Crippen LogP contribution is -2.47. The molecule has 0 spiro atoms. The van der Waals surface area contributed by atoms with E-state index in [1.165, 1.54) is 10.9 Å². The SMILES string of the molecule is CCNC(=NCCCn1ccc2ccccc21)NC1CCc2nc(COC)nn2C1. The summed E-state index contributed by atoms with van der Waals surface area (Å²) in [4.78, 5) is 9.34. The molecule has 8 heteroatoms. The third-order valence-electron chi connectivity index (χ3n) is 5.37. The molecule has 2 N–H and O–H groups in total. The van der Waals surface area contributed by atoms with E-state index < -0.39 is 0 Å². The molecule has 1 unspecified atom stereocenters. The Hall–Kier alpha value is -2.87. The molecule has 3 aromatic rings. The van der Waals surface area contributed by atoms with Crippen molar-refractivity contribution in [2.24, 2.45) is 4.99 Å². The first-order valence-electron chi connectivity index (χ1n) is 10.8. The number of hydrogen-bond donors (Lipinski definition) is 2. The molecule has 0 radical (unpaired) electrons. The standard InChI is InChI=1S/C22H31N7O/c1-3-23-22(24-12-6-13-28-14-11-17-7-4-5-8-19(17)28)25-18-9-10-21-26-20(16-30-2)27-29(21)15-18/h4-5,7-8,11,14,18H,3,6,9-10,12-13,15-16H2,1-2H3,(H2,23,24,25). The molecule has 0 aliphatic carbocycles. The Morgan fingerprint density at radius 3 is 3.07 bits per heavy atom. The van der Waals surface area contributed by atoms with Gasteiger partial charge in [-0.05, 0) is 37.3 Å². The molecule has 0 amide bonds. The van der Waals surface area contributed by atoms with Gasteiger partial charge in [-0.1, -0.05) is 18.2 Å². The Balaban J connectivity index is 1.31. The van der Waals surface area contributed by atoms with Gasteiger partial charge in [-0.2, -0.15) is 5.10 Å². The molecule has 0 saturated carbocycles. The number of guanidine groups is 1. The van der Waals surface area contributed by atoms with Crippen molar-refractivity contribution >= 4 is 16.9 Å². The summed E-state index contributed by atoms with van der Waals surface area (Å²) in [5.41, 5.74) is 1.28. The number of aliphatic imine (C=N–C) groups is 1. The van der Waals surface area contributed by atoms with Crippen molar-refractivity contribution in [3.63, 3.8) is 0 Å². The van der Waals surface area contributed by atoms with E-state index in [4.69, 9.17) is 9.73 Å². The number of nitrogens with one attached hydrogen (secondary N) is 2. The van der Waals surface area contributed by atoms with E-state index >= 15 is 0 Å². The molecule has 4 rings (SSSR count). The van der Waals surface area contributed by atoms with Crippen LogP contribution in [-0.4, -0.2) is 51.5 Å². The average molecular weight is 410 g/mol. The zero-order valence-corrected chi connectivity index (χ0v) is 17.8. The number of ether oxygens (including phenoxy) is 1. The second-order valence-electron chi connectivity index (χ2n) is 7.62. The highest BCUT2D eigenvalue weighted by Gasteiger charge is 2.22. The summed E-state index contributed by atoms with van der Waals surface area (Å²) in [6.07, 6.45) is 5.08. The molecule has 0 bridgehead atoms. The number of hydrogen-bond acceptors (Lipinski definition) is 4. The van der Waals surface area contributed by atoms with Crippen LogP contribution in [0.3, 0.4) is 0 Å². The quantitative estimate of drug-likeness (QED) is 0.339. The zero-order chi connectivity index (χ0) is 20.8. The molecular weight excluding hydrogens is 378 g/mol. The Bertz CT molecular complexity index is 990. The summed E-state index contributed by atoms with van der Waals surface area (Å²) in [7, 11) is 1.67. The Kier molecular flexibility index (Phi) is 6.63. The van der Waals surface area contributed by atoms with E-state index in [1.54, 1.807) is 7.11 Å². The third kappa shape index (κ3) is 4.81. The Morgan fingerprint density at radius 2 is 2.20 bits per heavy atom. The van der Waals surface area contributed by atoms with Crippen LogP contribution in [0.15, 0.2) is 41.5 Å². The largest absolute Gasteiger partial charge is 0.377 e. The van der Waals surface area contributed by atoms with Gasteiger partial charge in [0, 0.05) is 50.9 Å². The van der Waals surface area contributed by atoms with Crippen LogP contribution in [0, 0.1) is 0 Å². The van der Waals surface area contributed by atoms with Crippen LogP contribution < -0.4 is 10.6 Å². The molecule has 160 valence electrons. The number of nitrogens with zero attached hydrogens (tertiary/aromatic N) is 5. The summed E-state index contributed by atoms with van der Waals surface area (Å²) in [5, 5.41) is 12.8. The number of benzene rings is 1. The summed E-state index contributed by atoms with van der Waals surface area (Å²) < 4.78 is 9.45. The van der Waals surface area contributed by atoms with Crippen molar-refractivity contribution in [2.45, 2.75) is 51.9 Å². The van der Waals surface area contributed by atoms with Gasteiger partial charge in [0.2, 0.25) is 0 Å². The first-order valence-corrected chi connectivity index (χ1v) is 10.8. The minimum absolute atomic E-state index is 0.292. The number of methoxy groups -OCH3 is 1. The van der Waals surface area contributed by atoms with E-state index in [9.17, 15) is 0 Å². The maximum absolute atomic E-state index is 5.15. The maximum atomic E-state index is 5.15. The molecule has 1 aliphatic heterocycles. The van der Waals surface area contributed by atoms with Gasteiger partial charge < -0.3 is 19.9 Å². The molecule has 1 atom stereocenters. The van der Waals surface area contributed by atoms with Crippen molar-refractivity contribution in [3.8, 4) is 0 Å². The lowest BCUT2D eigenvalue weighted by molar-refractivity contribution is 0.177. The van der Waals surface area contributed by atoms with Crippen molar-refractivity contribution in [1.82, 2.24) is 30.0 Å². The number of aryl methyl sites for hydroxylation is 2. The molecule has 1 aromatic carbocycles. The Labute approximate surface area is 177 Å². The summed E-state index contributed by atoms with van der Waals surface area (Å²) in [6, 6.07) is 11.0. The molecule has 0 fully saturated rings. The van der Waals surface area contributed by atoms with E-state index in [0.717, 1.165) is 63.0 Å². The number of fused-ring (bicyclic) bond motifs is 2. The second-order valence-corrected chi connectivity index (χ2v) is 7.62. The van der Waals surface area contributed by atoms with Gasteiger partial charge in [0.05, 0.1) is 6.54 Å². The van der Waals surface area contributed by atoms with Crippen molar-refractivity contribution in [1.29, 1.82) is 0 Å².